The third-order valence-corrected chi connectivity index (χ3v) is 5.27. The number of esters is 1. The van der Waals surface area contributed by atoms with Gasteiger partial charge in [0.2, 0.25) is 11.8 Å². The average Bonchev–Trinajstić information content (AvgIpc) is 2.91. The molecule has 1 aromatic carbocycles. The van der Waals surface area contributed by atoms with Gasteiger partial charge in [-0.2, -0.15) is 5.10 Å². The van der Waals surface area contributed by atoms with E-state index in [1.165, 1.54) is 16.7 Å². The molecular weight excluding hydrogens is 366 g/mol. The zero-order chi connectivity index (χ0) is 19.6. The van der Waals surface area contributed by atoms with Crippen molar-refractivity contribution >= 4 is 35.2 Å². The number of aromatic nitrogens is 2. The van der Waals surface area contributed by atoms with Gasteiger partial charge in [0.25, 0.3) is 0 Å². The van der Waals surface area contributed by atoms with Gasteiger partial charge in [0.15, 0.2) is 0 Å². The highest BCUT2D eigenvalue weighted by molar-refractivity contribution is 8.00. The Labute approximate surface area is 161 Å². The number of aryl methyl sites for hydroxylation is 1. The Kier molecular flexibility index (Phi) is 5.65. The number of nitrogens with zero attached hydrogens (tertiary/aromatic N) is 3. The van der Waals surface area contributed by atoms with Crippen LogP contribution in [0.1, 0.15) is 23.9 Å². The fraction of sp³-hybridized carbons (Fsp3) is 0.368. The number of imide groups is 1. The summed E-state index contributed by atoms with van der Waals surface area (Å²) < 4.78 is 6.78. The minimum atomic E-state index is -0.279. The van der Waals surface area contributed by atoms with Crippen LogP contribution in [0, 0.1) is 13.8 Å². The van der Waals surface area contributed by atoms with Gasteiger partial charge in [-0.3, -0.25) is 14.4 Å². The molecule has 0 N–H and O–H groups in total. The number of hydrogen-bond donors (Lipinski definition) is 0. The third-order valence-electron chi connectivity index (χ3n) is 4.37. The molecule has 0 radical (unpaired) electrons. The highest BCUT2D eigenvalue weighted by atomic mass is 32.2. The molecule has 1 aliphatic heterocycles. The molecule has 142 valence electrons. The maximum atomic E-state index is 12.0. The molecule has 8 heteroatoms. The number of rotatable bonds is 5. The minimum Gasteiger partial charge on any atom is -0.466 e. The molecule has 0 spiro atoms. The normalized spacial score (nSPS) is 14.6. The van der Waals surface area contributed by atoms with E-state index in [2.05, 4.69) is 5.10 Å². The fourth-order valence-electron chi connectivity index (χ4n) is 3.06. The lowest BCUT2D eigenvalue weighted by molar-refractivity contribution is -0.142. The highest BCUT2D eigenvalue weighted by Crippen LogP contribution is 2.24. The molecule has 1 aromatic heterocycles. The number of amides is 2. The van der Waals surface area contributed by atoms with E-state index in [1.54, 1.807) is 23.7 Å². The van der Waals surface area contributed by atoms with Crippen LogP contribution in [-0.2, 0) is 25.5 Å². The summed E-state index contributed by atoms with van der Waals surface area (Å²) in [5.41, 5.74) is 3.82. The zero-order valence-corrected chi connectivity index (χ0v) is 16.3. The molecule has 2 aromatic rings. The molecule has 1 aliphatic rings. The second kappa shape index (κ2) is 7.96. The quantitative estimate of drug-likeness (QED) is 0.578. The van der Waals surface area contributed by atoms with Gasteiger partial charge in [-0.1, -0.05) is 0 Å². The van der Waals surface area contributed by atoms with Crippen molar-refractivity contribution < 1.29 is 19.1 Å². The van der Waals surface area contributed by atoms with Crippen LogP contribution in [0.2, 0.25) is 0 Å². The molecule has 3 rings (SSSR count). The number of anilines is 1. The van der Waals surface area contributed by atoms with Crippen LogP contribution in [0.15, 0.2) is 24.3 Å². The number of thioether (sulfide) groups is 1. The SMILES string of the molecule is CCOC(=O)Cc1c(C)nn(-c2ccc(N3C(=O)CSCC3=O)cc2)c1C. The molecule has 0 saturated carbocycles. The van der Waals surface area contributed by atoms with Crippen LogP contribution in [0.4, 0.5) is 5.69 Å². The van der Waals surface area contributed by atoms with E-state index >= 15 is 0 Å². The molecule has 7 nitrogen and oxygen atoms in total. The molecule has 2 heterocycles. The number of ether oxygens (including phenoxy) is 1. The van der Waals surface area contributed by atoms with E-state index in [9.17, 15) is 14.4 Å². The molecule has 1 saturated heterocycles. The lowest BCUT2D eigenvalue weighted by atomic mass is 10.1. The predicted molar refractivity (Wildman–Crippen MR) is 103 cm³/mol. The summed E-state index contributed by atoms with van der Waals surface area (Å²) in [4.78, 5) is 37.1. The summed E-state index contributed by atoms with van der Waals surface area (Å²) in [6.45, 7) is 5.88. The first-order valence-electron chi connectivity index (χ1n) is 8.67. The second-order valence-corrected chi connectivity index (χ2v) is 7.16. The van der Waals surface area contributed by atoms with E-state index in [4.69, 9.17) is 4.74 Å². The lowest BCUT2D eigenvalue weighted by Crippen LogP contribution is -2.43. The maximum Gasteiger partial charge on any atom is 0.310 e. The van der Waals surface area contributed by atoms with Crippen LogP contribution < -0.4 is 4.90 Å². The summed E-state index contributed by atoms with van der Waals surface area (Å²) in [6.07, 6.45) is 0.179. The predicted octanol–water partition coefficient (Wildman–Crippen LogP) is 2.20. The second-order valence-electron chi connectivity index (χ2n) is 6.18. The molecular formula is C19H21N3O4S. The van der Waals surface area contributed by atoms with E-state index in [-0.39, 0.29) is 24.2 Å². The van der Waals surface area contributed by atoms with Crippen molar-refractivity contribution in [3.05, 3.63) is 41.2 Å². The van der Waals surface area contributed by atoms with Crippen LogP contribution in [-0.4, -0.2) is 45.7 Å². The zero-order valence-electron chi connectivity index (χ0n) is 15.5. The largest absolute Gasteiger partial charge is 0.466 e. The topological polar surface area (TPSA) is 81.5 Å². The van der Waals surface area contributed by atoms with Gasteiger partial charge < -0.3 is 4.74 Å². The fourth-order valence-corrected chi connectivity index (χ4v) is 3.77. The number of hydrogen-bond acceptors (Lipinski definition) is 6. The summed E-state index contributed by atoms with van der Waals surface area (Å²) in [7, 11) is 0. The minimum absolute atomic E-state index is 0.179. The van der Waals surface area contributed by atoms with Gasteiger partial charge >= 0.3 is 5.97 Å². The van der Waals surface area contributed by atoms with E-state index in [0.29, 0.717) is 23.8 Å². The summed E-state index contributed by atoms with van der Waals surface area (Å²) >= 11 is 1.33. The highest BCUT2D eigenvalue weighted by Gasteiger charge is 2.27. The summed E-state index contributed by atoms with van der Waals surface area (Å²) in [5, 5.41) is 4.52. The van der Waals surface area contributed by atoms with Gasteiger partial charge in [0, 0.05) is 11.3 Å². The first-order chi connectivity index (χ1) is 12.9. The van der Waals surface area contributed by atoms with Gasteiger partial charge in [-0.15, -0.1) is 11.8 Å². The third kappa shape index (κ3) is 3.90. The van der Waals surface area contributed by atoms with Crippen LogP contribution >= 0.6 is 11.8 Å². The standard InChI is InChI=1S/C19H21N3O4S/c1-4-26-19(25)9-16-12(2)20-22(13(16)3)15-7-5-14(6-8-15)21-17(23)10-27-11-18(21)24/h5-8H,4,9-11H2,1-3H3. The smallest absolute Gasteiger partial charge is 0.310 e. The van der Waals surface area contributed by atoms with Crippen LogP contribution in [0.5, 0.6) is 0 Å². The monoisotopic (exact) mass is 387 g/mol. The van der Waals surface area contributed by atoms with E-state index in [0.717, 1.165) is 22.6 Å². The van der Waals surface area contributed by atoms with Crippen molar-refractivity contribution in [2.24, 2.45) is 0 Å². The van der Waals surface area contributed by atoms with Crippen molar-refractivity contribution in [3.63, 3.8) is 0 Å². The molecule has 0 aliphatic carbocycles. The molecule has 1 fully saturated rings. The van der Waals surface area contributed by atoms with Gasteiger partial charge in [0.05, 0.1) is 41.6 Å². The van der Waals surface area contributed by atoms with Crippen LogP contribution in [0.3, 0.4) is 0 Å². The number of carbonyl (C=O) groups excluding carboxylic acids is 3. The number of carbonyl (C=O) groups is 3. The van der Waals surface area contributed by atoms with Crippen molar-refractivity contribution in [3.8, 4) is 5.69 Å². The van der Waals surface area contributed by atoms with Crippen LogP contribution in [0.25, 0.3) is 5.69 Å². The Hall–Kier alpha value is -2.61. The van der Waals surface area contributed by atoms with Crippen molar-refractivity contribution in [1.82, 2.24) is 9.78 Å². The average molecular weight is 387 g/mol. The molecule has 0 atom stereocenters. The Balaban J connectivity index is 1.86. The molecule has 0 unspecified atom stereocenters. The van der Waals surface area contributed by atoms with Gasteiger partial charge in [-0.05, 0) is 45.0 Å². The van der Waals surface area contributed by atoms with E-state index in [1.807, 2.05) is 26.0 Å². The lowest BCUT2D eigenvalue weighted by Gasteiger charge is -2.24. The molecule has 27 heavy (non-hydrogen) atoms. The van der Waals surface area contributed by atoms with E-state index < -0.39 is 0 Å². The van der Waals surface area contributed by atoms with Crippen molar-refractivity contribution in [2.45, 2.75) is 27.2 Å². The molecule has 0 bridgehead atoms. The Morgan fingerprint density at radius 1 is 1.11 bits per heavy atom. The Morgan fingerprint density at radius 3 is 2.30 bits per heavy atom. The summed E-state index contributed by atoms with van der Waals surface area (Å²) in [6, 6.07) is 7.10. The van der Waals surface area contributed by atoms with Gasteiger partial charge in [0.1, 0.15) is 0 Å². The Bertz CT molecular complexity index is 873. The first-order valence-corrected chi connectivity index (χ1v) is 9.82. The maximum absolute atomic E-state index is 12.0. The van der Waals surface area contributed by atoms with Crippen molar-refractivity contribution in [2.75, 3.05) is 23.0 Å². The Morgan fingerprint density at radius 2 is 1.70 bits per heavy atom. The van der Waals surface area contributed by atoms with Gasteiger partial charge in [-0.25, -0.2) is 9.58 Å². The summed E-state index contributed by atoms with van der Waals surface area (Å²) in [5.74, 6) is -0.0677. The molecule has 2 amide bonds. The first kappa shape index (κ1) is 19.2. The van der Waals surface area contributed by atoms with Crippen molar-refractivity contribution in [1.29, 1.82) is 0 Å². The number of benzene rings is 1.